The third-order valence-electron chi connectivity index (χ3n) is 4.42. The topological polar surface area (TPSA) is 148 Å². The number of aromatic nitrogens is 1. The Balaban J connectivity index is 0.000000809. The Hall–Kier alpha value is -3.36. The molecule has 0 fully saturated rings. The summed E-state index contributed by atoms with van der Waals surface area (Å²) < 4.78 is 40.6. The molecule has 1 heterocycles. The van der Waals surface area contributed by atoms with E-state index in [-0.39, 0.29) is 28.4 Å². The van der Waals surface area contributed by atoms with Crippen LogP contribution in [0.3, 0.4) is 0 Å². The number of halogens is 3. The number of hydrogen-bond acceptors (Lipinski definition) is 10. The zero-order valence-corrected chi connectivity index (χ0v) is 19.7. The molecular formula is C23H29F3N4O6. The number of rotatable bonds is 12. The molecule has 1 aromatic carbocycles. The lowest BCUT2D eigenvalue weighted by atomic mass is 9.98. The van der Waals surface area contributed by atoms with Crippen molar-refractivity contribution in [1.82, 2.24) is 10.4 Å². The summed E-state index contributed by atoms with van der Waals surface area (Å²) in [6, 6.07) is 6.35. The number of anilines is 2. The van der Waals surface area contributed by atoms with Crippen LogP contribution >= 0.6 is 0 Å². The smallest absolute Gasteiger partial charge is 0.406 e. The number of nitrogens with one attached hydrogen (secondary N) is 2. The molecule has 0 aliphatic rings. The number of carbonyl (C=O) groups is 1. The minimum atomic E-state index is -4.80. The van der Waals surface area contributed by atoms with Gasteiger partial charge in [0.25, 0.3) is 0 Å². The van der Waals surface area contributed by atoms with Gasteiger partial charge in [0.2, 0.25) is 0 Å². The second-order valence-corrected chi connectivity index (χ2v) is 7.14. The summed E-state index contributed by atoms with van der Waals surface area (Å²) in [5.74, 6) is -0.0679. The number of allylic oxidation sites excluding steroid dienone is 1. The maximum atomic E-state index is 12.3. The molecule has 0 bridgehead atoms. The van der Waals surface area contributed by atoms with Gasteiger partial charge < -0.3 is 20.6 Å². The number of aliphatic hydroxyl groups excluding tert-OH is 1. The first kappa shape index (κ1) is 30.7. The summed E-state index contributed by atoms with van der Waals surface area (Å²) in [5, 5.41) is 38.1. The van der Waals surface area contributed by atoms with E-state index in [1.807, 2.05) is 6.92 Å². The highest BCUT2D eigenvalue weighted by Crippen LogP contribution is 2.29. The minimum Gasteiger partial charge on any atom is -0.406 e. The monoisotopic (exact) mass is 514 g/mol. The van der Waals surface area contributed by atoms with E-state index >= 15 is 0 Å². The summed E-state index contributed by atoms with van der Waals surface area (Å²) in [5.41, 5.74) is 0.992. The predicted octanol–water partition coefficient (Wildman–Crippen LogP) is 5.09. The molecule has 13 heteroatoms. The quantitative estimate of drug-likeness (QED) is 0.148. The molecule has 1 atom stereocenters. The highest BCUT2D eigenvalue weighted by molar-refractivity contribution is 6.04. The Morgan fingerprint density at radius 2 is 1.89 bits per heavy atom. The second kappa shape index (κ2) is 14.9. The van der Waals surface area contributed by atoms with Crippen molar-refractivity contribution in [2.75, 3.05) is 11.9 Å². The lowest BCUT2D eigenvalue weighted by molar-refractivity contribution is -0.495. The summed E-state index contributed by atoms with van der Waals surface area (Å²) in [4.78, 5) is 18.8. The molecule has 0 saturated carbocycles. The molecule has 0 aliphatic heterocycles. The fourth-order valence-corrected chi connectivity index (χ4v) is 2.80. The third-order valence-corrected chi connectivity index (χ3v) is 4.42. The minimum absolute atomic E-state index is 0.122. The average molecular weight is 515 g/mol. The van der Waals surface area contributed by atoms with Crippen LogP contribution in [0.5, 0.6) is 5.75 Å². The molecular weight excluding hydrogens is 485 g/mol. The van der Waals surface area contributed by atoms with Gasteiger partial charge >= 0.3 is 6.36 Å². The summed E-state index contributed by atoms with van der Waals surface area (Å²) in [6.07, 6.45) is -1.54. The van der Waals surface area contributed by atoms with Crippen LogP contribution in [0, 0.1) is 5.41 Å². The van der Waals surface area contributed by atoms with Gasteiger partial charge in [-0.05, 0) is 54.8 Å². The van der Waals surface area contributed by atoms with Crippen LogP contribution in [0.25, 0.3) is 0 Å². The van der Waals surface area contributed by atoms with Crippen molar-refractivity contribution in [3.63, 3.8) is 0 Å². The molecule has 198 valence electrons. The van der Waals surface area contributed by atoms with Gasteiger partial charge in [-0.1, -0.05) is 20.4 Å². The first-order chi connectivity index (χ1) is 16.9. The first-order valence-electron chi connectivity index (χ1n) is 10.7. The van der Waals surface area contributed by atoms with Crippen LogP contribution in [0.2, 0.25) is 0 Å². The number of alkyl halides is 3. The van der Waals surface area contributed by atoms with E-state index in [1.165, 1.54) is 30.5 Å². The van der Waals surface area contributed by atoms with Crippen molar-refractivity contribution in [2.45, 2.75) is 45.6 Å². The van der Waals surface area contributed by atoms with Crippen LogP contribution in [0.1, 0.15) is 50.3 Å². The van der Waals surface area contributed by atoms with Crippen molar-refractivity contribution in [1.29, 1.82) is 5.41 Å². The van der Waals surface area contributed by atoms with Gasteiger partial charge in [0.1, 0.15) is 24.3 Å². The maximum Gasteiger partial charge on any atom is 0.573 e. The average Bonchev–Trinajstić information content (AvgIpc) is 2.82. The molecule has 0 spiro atoms. The van der Waals surface area contributed by atoms with Gasteiger partial charge in [-0.2, -0.15) is 0 Å². The number of carbonyl (C=O) groups excluding carboxylic acids is 1. The number of ketones is 1. The molecule has 0 radical (unpaired) electrons. The van der Waals surface area contributed by atoms with Crippen molar-refractivity contribution < 1.29 is 43.1 Å². The largest absolute Gasteiger partial charge is 0.573 e. The van der Waals surface area contributed by atoms with Crippen LogP contribution in [0.15, 0.2) is 49.2 Å². The fraction of sp³-hybridized carbons (Fsp3) is 0.348. The number of ether oxygens (including phenoxy) is 1. The number of hydrogen-bond donors (Lipinski definition) is 5. The zero-order chi connectivity index (χ0) is 27.3. The van der Waals surface area contributed by atoms with Gasteiger partial charge in [0, 0.05) is 29.6 Å². The summed E-state index contributed by atoms with van der Waals surface area (Å²) in [7, 11) is 0. The van der Waals surface area contributed by atoms with Crippen LogP contribution in [0.4, 0.5) is 24.7 Å². The Kier molecular flexibility index (Phi) is 12.7. The van der Waals surface area contributed by atoms with Crippen LogP contribution in [-0.4, -0.2) is 50.4 Å². The normalized spacial score (nSPS) is 11.8. The van der Waals surface area contributed by atoms with Gasteiger partial charge in [-0.3, -0.25) is 15.2 Å². The molecule has 1 unspecified atom stereocenters. The highest BCUT2D eigenvalue weighted by Gasteiger charge is 2.31. The van der Waals surface area contributed by atoms with Gasteiger partial charge in [-0.25, -0.2) is 9.82 Å². The van der Waals surface area contributed by atoms with Crippen molar-refractivity contribution >= 4 is 23.0 Å². The van der Waals surface area contributed by atoms with E-state index in [4.69, 9.17) is 15.8 Å². The predicted molar refractivity (Wildman–Crippen MR) is 124 cm³/mol. The van der Waals surface area contributed by atoms with Crippen molar-refractivity contribution in [3.05, 3.63) is 60.3 Å². The highest BCUT2D eigenvalue weighted by atomic mass is 19.4. The Morgan fingerprint density at radius 3 is 2.36 bits per heavy atom. The Bertz CT molecular complexity index is 1000. The van der Waals surface area contributed by atoms with E-state index < -0.39 is 30.2 Å². The lowest BCUT2D eigenvalue weighted by Gasteiger charge is -2.19. The molecule has 0 saturated heterocycles. The van der Waals surface area contributed by atoms with E-state index in [0.29, 0.717) is 18.5 Å². The first-order valence-corrected chi connectivity index (χ1v) is 10.7. The number of nitrogens with zero attached hydrogens (tertiary/aromatic N) is 2. The molecule has 0 amide bonds. The van der Waals surface area contributed by atoms with Crippen molar-refractivity contribution in [2.24, 2.45) is 0 Å². The zero-order valence-electron chi connectivity index (χ0n) is 19.7. The maximum absolute atomic E-state index is 12.3. The molecule has 0 aliphatic carbocycles. The Morgan fingerprint density at radius 1 is 1.25 bits per heavy atom. The molecule has 5 N–H and O–H groups in total. The molecule has 2 aromatic rings. The van der Waals surface area contributed by atoms with E-state index in [9.17, 15) is 23.1 Å². The lowest BCUT2D eigenvalue weighted by Crippen LogP contribution is -2.21. The van der Waals surface area contributed by atoms with Gasteiger partial charge in [0.05, 0.1) is 5.39 Å². The Labute approximate surface area is 206 Å². The second-order valence-electron chi connectivity index (χ2n) is 7.14. The number of aliphatic hydroxyl groups is 1. The van der Waals surface area contributed by atoms with Crippen molar-refractivity contribution in [3.8, 4) is 5.75 Å². The number of pyridine rings is 1. The summed E-state index contributed by atoms with van der Waals surface area (Å²) >= 11 is 0. The molecule has 36 heavy (non-hydrogen) atoms. The summed E-state index contributed by atoms with van der Waals surface area (Å²) in [6.45, 7) is 6.51. The van der Waals surface area contributed by atoms with Gasteiger partial charge in [-0.15, -0.1) is 13.2 Å². The third kappa shape index (κ3) is 10.9. The SMILES string of the molecule is C=CC(=O)CCC.CCC(=N)c1c(C(O)CON(O)O)ccnc1Nc1ccc(OC(F)(F)F)cc1. The van der Waals surface area contributed by atoms with E-state index in [0.717, 1.165) is 18.6 Å². The van der Waals surface area contributed by atoms with Gasteiger partial charge in [0.15, 0.2) is 5.78 Å². The fourth-order valence-electron chi connectivity index (χ4n) is 2.80. The number of benzene rings is 1. The standard InChI is InChI=1S/C17H19F3N4O5.C6H10O/c1-2-13(21)15-12(14(25)9-28-24(26)27)7-8-22-16(15)23-10-3-5-11(6-4-10)29-17(18,19)20;1-3-5-6(7)4-2/h3-8,14,21,25-27H,2,9H2,1H3,(H,22,23);4H,2-3,5H2,1H3. The van der Waals surface area contributed by atoms with Crippen LogP contribution < -0.4 is 10.1 Å². The molecule has 1 aromatic heterocycles. The van der Waals surface area contributed by atoms with E-state index in [1.54, 1.807) is 6.92 Å². The van der Waals surface area contributed by atoms with Crippen LogP contribution in [-0.2, 0) is 9.63 Å². The molecule has 2 rings (SSSR count). The van der Waals surface area contributed by atoms with E-state index in [2.05, 4.69) is 26.5 Å². The molecule has 10 nitrogen and oxygen atoms in total.